The summed E-state index contributed by atoms with van der Waals surface area (Å²) in [6.07, 6.45) is -6.35. The third kappa shape index (κ3) is 12.9. The fourth-order valence-electron chi connectivity index (χ4n) is 7.58. The van der Waals surface area contributed by atoms with Crippen LogP contribution in [0.4, 0.5) is 35.0 Å². The number of anilines is 3. The molecular formula is C48H52Cl2F3N7O5+2. The number of carbonyl (C=O) groups is 3. The Morgan fingerprint density at radius 2 is 1.40 bits per heavy atom. The van der Waals surface area contributed by atoms with Crippen LogP contribution in [-0.2, 0) is 16.1 Å². The van der Waals surface area contributed by atoms with Crippen LogP contribution in [0.25, 0.3) is 32.9 Å². The number of quaternary nitrogens is 1. The lowest BCUT2D eigenvalue weighted by atomic mass is 9.97. The fourth-order valence-corrected chi connectivity index (χ4v) is 7.98. The number of aromatic nitrogens is 1. The molecule has 3 amide bonds. The van der Waals surface area contributed by atoms with Crippen molar-refractivity contribution in [2.75, 3.05) is 81.1 Å². The van der Waals surface area contributed by atoms with Crippen LogP contribution in [0, 0.1) is 0 Å². The molecule has 65 heavy (non-hydrogen) atoms. The van der Waals surface area contributed by atoms with Gasteiger partial charge in [0.05, 0.1) is 37.5 Å². The maximum absolute atomic E-state index is 13.3. The number of pyridine rings is 1. The number of nitrogens with two attached hydrogens (primary N) is 2. The van der Waals surface area contributed by atoms with Crippen LogP contribution in [-0.4, -0.2) is 93.4 Å². The van der Waals surface area contributed by atoms with Gasteiger partial charge >= 0.3 is 12.5 Å². The number of ether oxygens (including phenoxy) is 2. The largest absolute Gasteiger partial charge is 0.579 e. The quantitative estimate of drug-likeness (QED) is 0.0149. The highest BCUT2D eigenvalue weighted by atomic mass is 35.5. The molecule has 12 nitrogen and oxygen atoms in total. The summed E-state index contributed by atoms with van der Waals surface area (Å²) in [5, 5.41) is 8.34. The molecule has 6 aromatic rings. The SMILES string of the molecule is C[N+](CCNC(=O)CCCOc1ccc(N(CCCl)CCCl)cc1)(CCNC(=O)c1ccc(C[n+]2c(-c3ccccc3)c3cc(N)ccc3c3ccc(N)cc32)cc1)C(=O)OC(F)(F)F. The first-order valence-electron chi connectivity index (χ1n) is 21.1. The molecule has 0 aliphatic carbocycles. The molecule has 0 spiro atoms. The van der Waals surface area contributed by atoms with Crippen molar-refractivity contribution in [1.29, 1.82) is 0 Å². The van der Waals surface area contributed by atoms with Crippen molar-refractivity contribution in [3.05, 3.63) is 126 Å². The summed E-state index contributed by atoms with van der Waals surface area (Å²) < 4.78 is 50.5. The average molecular weight is 935 g/mol. The number of hydrogen-bond acceptors (Lipinski definition) is 8. The molecule has 0 aliphatic heterocycles. The van der Waals surface area contributed by atoms with Crippen molar-refractivity contribution in [3.63, 3.8) is 0 Å². The smallest absolute Gasteiger partial charge is 0.494 e. The Bertz CT molecular complexity index is 2580. The summed E-state index contributed by atoms with van der Waals surface area (Å²) >= 11 is 11.8. The molecule has 17 heteroatoms. The van der Waals surface area contributed by atoms with E-state index in [0.717, 1.165) is 44.2 Å². The van der Waals surface area contributed by atoms with Crippen LogP contribution in [0.3, 0.4) is 0 Å². The van der Waals surface area contributed by atoms with E-state index in [-0.39, 0.29) is 45.1 Å². The van der Waals surface area contributed by atoms with E-state index in [1.807, 2.05) is 103 Å². The molecule has 5 aromatic carbocycles. The van der Waals surface area contributed by atoms with Gasteiger partial charge in [-0.2, -0.15) is 9.36 Å². The predicted octanol–water partition coefficient (Wildman–Crippen LogP) is 8.25. The molecule has 1 unspecified atom stereocenters. The van der Waals surface area contributed by atoms with E-state index in [0.29, 0.717) is 60.5 Å². The zero-order valence-corrected chi connectivity index (χ0v) is 37.4. The van der Waals surface area contributed by atoms with Crippen molar-refractivity contribution < 1.29 is 46.1 Å². The number of nitrogens with one attached hydrogen (secondary N) is 2. The maximum Gasteiger partial charge on any atom is 0.579 e. The summed E-state index contributed by atoms with van der Waals surface area (Å²) in [7, 11) is 1.25. The number of alkyl halides is 5. The molecular weight excluding hydrogens is 882 g/mol. The van der Waals surface area contributed by atoms with Crippen molar-refractivity contribution in [2.45, 2.75) is 25.7 Å². The molecule has 0 saturated heterocycles. The van der Waals surface area contributed by atoms with Gasteiger partial charge in [0, 0.05) is 76.5 Å². The lowest BCUT2D eigenvalue weighted by molar-refractivity contribution is -0.838. The van der Waals surface area contributed by atoms with Gasteiger partial charge in [-0.1, -0.05) is 36.4 Å². The number of likely N-dealkylation sites (N-methyl/N-ethyl adjacent to an activating group) is 1. The lowest BCUT2D eigenvalue weighted by Crippen LogP contribution is -2.57. The topological polar surface area (TPSA) is 153 Å². The maximum atomic E-state index is 13.3. The standard InChI is InChI=1S/C48H50Cl2F3N7O5/c1-60(47(63)65-48(51,52)53,27-23-56-44(61)8-5-29-64-39-17-15-38(16-18-39)58(25-21-49)26-22-50)28-24-57-46(62)35-11-9-33(10-12-35)32-59-43-31-37(55)14-20-41(43)40-19-13-36(54)30-42(40)45(59)34-6-3-2-4-7-34/h2-4,6-7,9-20,30-31,55H,5,8,21-29,32,54H2,1H3,(H-,56,57,61,62)/p+2. The van der Waals surface area contributed by atoms with Gasteiger partial charge in [-0.15, -0.1) is 36.4 Å². The van der Waals surface area contributed by atoms with Gasteiger partial charge in [-0.3, -0.25) is 9.59 Å². The highest BCUT2D eigenvalue weighted by Gasteiger charge is 2.43. The van der Waals surface area contributed by atoms with Gasteiger partial charge in [0.25, 0.3) is 5.91 Å². The number of nitrogen functional groups attached to an aromatic ring is 2. The van der Waals surface area contributed by atoms with Gasteiger partial charge < -0.3 is 36.5 Å². The number of hydrogen-bond donors (Lipinski definition) is 4. The van der Waals surface area contributed by atoms with Gasteiger partial charge in [-0.05, 0) is 79.2 Å². The second-order valence-corrected chi connectivity index (χ2v) is 16.4. The first-order valence-corrected chi connectivity index (χ1v) is 22.1. The zero-order valence-electron chi connectivity index (χ0n) is 35.9. The number of benzene rings is 5. The van der Waals surface area contributed by atoms with E-state index >= 15 is 0 Å². The van der Waals surface area contributed by atoms with Crippen LogP contribution in [0.1, 0.15) is 28.8 Å². The molecule has 6 rings (SSSR count). The fraction of sp³-hybridized carbons (Fsp3) is 0.292. The number of halogens is 5. The second-order valence-electron chi connectivity index (χ2n) is 15.7. The molecule has 1 heterocycles. The molecule has 342 valence electrons. The summed E-state index contributed by atoms with van der Waals surface area (Å²) in [5.74, 6) is 0.676. The second kappa shape index (κ2) is 22.1. The molecule has 6 N–H and O–H groups in total. The van der Waals surface area contributed by atoms with Gasteiger partial charge in [0.1, 0.15) is 18.8 Å². The molecule has 0 bridgehead atoms. The van der Waals surface area contributed by atoms with Gasteiger partial charge in [-0.25, -0.2) is 4.48 Å². The Morgan fingerprint density at radius 3 is 2.05 bits per heavy atom. The van der Waals surface area contributed by atoms with E-state index in [1.165, 1.54) is 7.05 Å². The van der Waals surface area contributed by atoms with Crippen molar-refractivity contribution in [3.8, 4) is 17.0 Å². The minimum atomic E-state index is -5.22. The van der Waals surface area contributed by atoms with E-state index in [9.17, 15) is 27.6 Å². The normalized spacial score (nSPS) is 12.4. The number of amides is 3. The monoisotopic (exact) mass is 933 g/mol. The Hall–Kier alpha value is -6.29. The lowest BCUT2D eigenvalue weighted by Gasteiger charge is -2.30. The van der Waals surface area contributed by atoms with E-state index in [1.54, 1.807) is 12.1 Å². The first-order chi connectivity index (χ1) is 31.2. The van der Waals surface area contributed by atoms with E-state index in [2.05, 4.69) is 24.8 Å². The van der Waals surface area contributed by atoms with E-state index in [4.69, 9.17) is 39.4 Å². The minimum absolute atomic E-state index is 0.0817. The van der Waals surface area contributed by atoms with Crippen molar-refractivity contribution >= 4 is 79.8 Å². The summed E-state index contributed by atoms with van der Waals surface area (Å²) in [4.78, 5) is 40.8. The summed E-state index contributed by atoms with van der Waals surface area (Å²) in [5.41, 5.74) is 18.8. The van der Waals surface area contributed by atoms with Crippen LogP contribution in [0.2, 0.25) is 0 Å². The molecule has 1 atom stereocenters. The summed E-state index contributed by atoms with van der Waals surface area (Å²) in [6.45, 7) is 1.18. The van der Waals surface area contributed by atoms with Crippen LogP contribution in [0.15, 0.2) is 115 Å². The molecule has 1 aromatic heterocycles. The Balaban J connectivity index is 1.05. The van der Waals surface area contributed by atoms with Crippen LogP contribution >= 0.6 is 23.2 Å². The summed E-state index contributed by atoms with van der Waals surface area (Å²) in [6, 6.07) is 36.0. The number of fused-ring (bicyclic) bond motifs is 3. The molecule has 0 fully saturated rings. The highest BCUT2D eigenvalue weighted by molar-refractivity contribution is 6.18. The van der Waals surface area contributed by atoms with Crippen molar-refractivity contribution in [1.82, 2.24) is 10.6 Å². The molecule has 0 saturated carbocycles. The highest BCUT2D eigenvalue weighted by Crippen LogP contribution is 2.34. The predicted molar refractivity (Wildman–Crippen MR) is 250 cm³/mol. The zero-order chi connectivity index (χ0) is 46.6. The van der Waals surface area contributed by atoms with Crippen molar-refractivity contribution in [2.24, 2.45) is 0 Å². The Morgan fingerprint density at radius 1 is 0.769 bits per heavy atom. The van der Waals surface area contributed by atoms with Gasteiger partial charge in [0.2, 0.25) is 17.1 Å². The molecule has 0 aliphatic rings. The van der Waals surface area contributed by atoms with Crippen LogP contribution < -0.4 is 36.3 Å². The molecule has 0 radical (unpaired) electrons. The first kappa shape index (κ1) is 48.2. The Kier molecular flexibility index (Phi) is 16.4. The van der Waals surface area contributed by atoms with Crippen LogP contribution in [0.5, 0.6) is 5.75 Å². The van der Waals surface area contributed by atoms with E-state index < -0.39 is 22.8 Å². The third-order valence-electron chi connectivity index (χ3n) is 11.0. The average Bonchev–Trinajstić information content (AvgIpc) is 3.28. The minimum Gasteiger partial charge on any atom is -0.494 e. The number of carbonyl (C=O) groups excluding carboxylic acids is 3. The van der Waals surface area contributed by atoms with Gasteiger partial charge in [0.15, 0.2) is 6.54 Å². The number of rotatable bonds is 20. The third-order valence-corrected chi connectivity index (χ3v) is 11.3. The number of nitrogens with zero attached hydrogens (tertiary/aromatic N) is 3. The Labute approximate surface area is 385 Å².